The van der Waals surface area contributed by atoms with Crippen LogP contribution in [0.5, 0.6) is 0 Å². The molecule has 6 nitrogen and oxygen atoms in total. The number of nitrogens with zero attached hydrogens (tertiary/aromatic N) is 2. The molecule has 2 rings (SSSR count). The van der Waals surface area contributed by atoms with Gasteiger partial charge in [-0.3, -0.25) is 9.59 Å². The van der Waals surface area contributed by atoms with Gasteiger partial charge in [-0.2, -0.15) is 22.0 Å². The van der Waals surface area contributed by atoms with Gasteiger partial charge >= 0.3 is 0 Å². The summed E-state index contributed by atoms with van der Waals surface area (Å²) in [7, 11) is 0. The standard InChI is InChI=1S/C19H22N4O2S/c1-14(24)20-18(12-13-26-2)19(25)21-15-8-10-17(11-9-15)23-22-16-6-4-3-5-7-16/h3-11,18H,12-13H2,1-2H3,(H,20,24)(H,21,25). The Morgan fingerprint density at radius 3 is 2.19 bits per heavy atom. The van der Waals surface area contributed by atoms with E-state index in [-0.39, 0.29) is 11.8 Å². The summed E-state index contributed by atoms with van der Waals surface area (Å²) in [5.41, 5.74) is 2.11. The summed E-state index contributed by atoms with van der Waals surface area (Å²) >= 11 is 1.63. The van der Waals surface area contributed by atoms with Crippen LogP contribution in [0.1, 0.15) is 13.3 Å². The van der Waals surface area contributed by atoms with Gasteiger partial charge in [0, 0.05) is 12.6 Å². The lowest BCUT2D eigenvalue weighted by atomic mass is 10.2. The summed E-state index contributed by atoms with van der Waals surface area (Å²) in [5.74, 6) is 0.341. The molecule has 2 amide bonds. The van der Waals surface area contributed by atoms with Crippen LogP contribution in [0.3, 0.4) is 0 Å². The summed E-state index contributed by atoms with van der Waals surface area (Å²) < 4.78 is 0. The Morgan fingerprint density at radius 1 is 1.00 bits per heavy atom. The zero-order chi connectivity index (χ0) is 18.8. The highest BCUT2D eigenvalue weighted by Gasteiger charge is 2.18. The van der Waals surface area contributed by atoms with Gasteiger partial charge in [0.05, 0.1) is 11.4 Å². The third-order valence-electron chi connectivity index (χ3n) is 3.48. The molecule has 0 spiro atoms. The van der Waals surface area contributed by atoms with Crippen molar-refractivity contribution in [1.29, 1.82) is 0 Å². The van der Waals surface area contributed by atoms with Gasteiger partial charge in [-0.1, -0.05) is 18.2 Å². The number of thioether (sulfide) groups is 1. The van der Waals surface area contributed by atoms with Crippen LogP contribution in [0.15, 0.2) is 64.8 Å². The van der Waals surface area contributed by atoms with Crippen molar-refractivity contribution < 1.29 is 9.59 Å². The highest BCUT2D eigenvalue weighted by Crippen LogP contribution is 2.20. The van der Waals surface area contributed by atoms with E-state index in [4.69, 9.17) is 0 Å². The van der Waals surface area contributed by atoms with Gasteiger partial charge in [-0.05, 0) is 54.8 Å². The first kappa shape index (κ1) is 19.7. The summed E-state index contributed by atoms with van der Waals surface area (Å²) in [6.45, 7) is 1.41. The molecule has 2 aromatic rings. The number of benzene rings is 2. The van der Waals surface area contributed by atoms with Gasteiger partial charge in [-0.25, -0.2) is 0 Å². The molecule has 0 fully saturated rings. The maximum Gasteiger partial charge on any atom is 0.246 e. The Hall–Kier alpha value is -2.67. The van der Waals surface area contributed by atoms with Gasteiger partial charge in [0.25, 0.3) is 0 Å². The van der Waals surface area contributed by atoms with Crippen LogP contribution in [-0.4, -0.2) is 29.9 Å². The predicted molar refractivity (Wildman–Crippen MR) is 106 cm³/mol. The Morgan fingerprint density at radius 2 is 1.62 bits per heavy atom. The van der Waals surface area contributed by atoms with Crippen molar-refractivity contribution in [1.82, 2.24) is 5.32 Å². The lowest BCUT2D eigenvalue weighted by Gasteiger charge is -2.17. The molecule has 1 atom stereocenters. The predicted octanol–water partition coefficient (Wildman–Crippen LogP) is 4.30. The van der Waals surface area contributed by atoms with Gasteiger partial charge in [0.2, 0.25) is 11.8 Å². The number of carbonyl (C=O) groups excluding carboxylic acids is 2. The molecular formula is C19H22N4O2S. The van der Waals surface area contributed by atoms with E-state index in [9.17, 15) is 9.59 Å². The van der Waals surface area contributed by atoms with Crippen molar-refractivity contribution in [2.24, 2.45) is 10.2 Å². The number of hydrogen-bond donors (Lipinski definition) is 2. The summed E-state index contributed by atoms with van der Waals surface area (Å²) in [5, 5.41) is 13.8. The van der Waals surface area contributed by atoms with Crippen LogP contribution in [0, 0.1) is 0 Å². The van der Waals surface area contributed by atoms with Gasteiger partial charge in [0.1, 0.15) is 6.04 Å². The fraction of sp³-hybridized carbons (Fsp3) is 0.263. The number of nitrogens with one attached hydrogen (secondary N) is 2. The average Bonchev–Trinajstić information content (AvgIpc) is 2.65. The highest BCUT2D eigenvalue weighted by molar-refractivity contribution is 7.98. The van der Waals surface area contributed by atoms with Gasteiger partial charge < -0.3 is 10.6 Å². The minimum absolute atomic E-state index is 0.220. The first-order valence-electron chi connectivity index (χ1n) is 8.22. The number of hydrogen-bond acceptors (Lipinski definition) is 5. The smallest absolute Gasteiger partial charge is 0.246 e. The molecule has 136 valence electrons. The molecule has 2 N–H and O–H groups in total. The SMILES string of the molecule is CSCCC(NC(C)=O)C(=O)Nc1ccc(N=Nc2ccccc2)cc1. The van der Waals surface area contributed by atoms with Crippen molar-refractivity contribution in [3.05, 3.63) is 54.6 Å². The second-order valence-corrected chi connectivity index (χ2v) is 6.59. The van der Waals surface area contributed by atoms with Crippen LogP contribution in [0.4, 0.5) is 17.1 Å². The van der Waals surface area contributed by atoms with Crippen LogP contribution < -0.4 is 10.6 Å². The van der Waals surface area contributed by atoms with Gasteiger partial charge in [-0.15, -0.1) is 0 Å². The van der Waals surface area contributed by atoms with Crippen molar-refractivity contribution in [3.63, 3.8) is 0 Å². The largest absolute Gasteiger partial charge is 0.345 e. The maximum atomic E-state index is 12.4. The second kappa shape index (κ2) is 10.4. The Balaban J connectivity index is 1.97. The van der Waals surface area contributed by atoms with Crippen LogP contribution in [0.2, 0.25) is 0 Å². The highest BCUT2D eigenvalue weighted by atomic mass is 32.2. The fourth-order valence-corrected chi connectivity index (χ4v) is 2.67. The Bertz CT molecular complexity index is 748. The van der Waals surface area contributed by atoms with Crippen molar-refractivity contribution in [2.75, 3.05) is 17.3 Å². The monoisotopic (exact) mass is 370 g/mol. The first-order chi connectivity index (χ1) is 12.6. The molecule has 0 radical (unpaired) electrons. The first-order valence-corrected chi connectivity index (χ1v) is 9.61. The van der Waals surface area contributed by atoms with Crippen molar-refractivity contribution in [2.45, 2.75) is 19.4 Å². The third-order valence-corrected chi connectivity index (χ3v) is 4.12. The van der Waals surface area contributed by atoms with Crippen LogP contribution in [-0.2, 0) is 9.59 Å². The van der Waals surface area contributed by atoms with E-state index in [0.717, 1.165) is 11.4 Å². The zero-order valence-electron chi connectivity index (χ0n) is 14.8. The topological polar surface area (TPSA) is 82.9 Å². The van der Waals surface area contributed by atoms with Gasteiger partial charge in [0.15, 0.2) is 0 Å². The molecule has 1 unspecified atom stereocenters. The van der Waals surface area contributed by atoms with E-state index < -0.39 is 6.04 Å². The van der Waals surface area contributed by atoms with Crippen molar-refractivity contribution in [3.8, 4) is 0 Å². The molecule has 0 bridgehead atoms. The Labute approximate surface area is 157 Å². The quantitative estimate of drug-likeness (QED) is 0.680. The van der Waals surface area contributed by atoms with E-state index in [2.05, 4.69) is 20.9 Å². The number of rotatable bonds is 8. The summed E-state index contributed by atoms with van der Waals surface area (Å²) in [6.07, 6.45) is 2.54. The fourth-order valence-electron chi connectivity index (χ4n) is 2.20. The molecule has 0 aliphatic carbocycles. The van der Waals surface area contributed by atoms with Crippen molar-refractivity contribution >= 4 is 40.6 Å². The minimum atomic E-state index is -0.544. The van der Waals surface area contributed by atoms with E-state index in [0.29, 0.717) is 17.8 Å². The normalized spacial score (nSPS) is 11.9. The summed E-state index contributed by atoms with van der Waals surface area (Å²) in [4.78, 5) is 23.7. The molecule has 0 aromatic heterocycles. The Kier molecular flexibility index (Phi) is 7.82. The van der Waals surface area contributed by atoms with E-state index in [1.54, 1.807) is 36.0 Å². The third kappa shape index (κ3) is 6.68. The number of carbonyl (C=O) groups is 2. The zero-order valence-corrected chi connectivity index (χ0v) is 15.6. The molecule has 0 heterocycles. The lowest BCUT2D eigenvalue weighted by Crippen LogP contribution is -2.43. The molecule has 7 heteroatoms. The van der Waals surface area contributed by atoms with E-state index in [1.807, 2.05) is 36.6 Å². The van der Waals surface area contributed by atoms with Crippen LogP contribution in [0.25, 0.3) is 0 Å². The number of anilines is 1. The molecule has 0 saturated carbocycles. The lowest BCUT2D eigenvalue weighted by molar-refractivity contribution is -0.125. The van der Waals surface area contributed by atoms with E-state index >= 15 is 0 Å². The number of azo groups is 1. The molecule has 0 aliphatic rings. The van der Waals surface area contributed by atoms with Crippen LogP contribution >= 0.6 is 11.8 Å². The molecule has 2 aromatic carbocycles. The second-order valence-electron chi connectivity index (χ2n) is 5.61. The molecular weight excluding hydrogens is 348 g/mol. The maximum absolute atomic E-state index is 12.4. The van der Waals surface area contributed by atoms with E-state index in [1.165, 1.54) is 6.92 Å². The average molecular weight is 370 g/mol. The minimum Gasteiger partial charge on any atom is -0.345 e. The number of amides is 2. The molecule has 26 heavy (non-hydrogen) atoms. The molecule has 0 aliphatic heterocycles. The summed E-state index contributed by atoms with van der Waals surface area (Å²) in [6, 6.07) is 16.0. The molecule has 0 saturated heterocycles.